The van der Waals surface area contributed by atoms with E-state index in [0.717, 1.165) is 11.3 Å². The highest BCUT2D eigenvalue weighted by atomic mass is 32.1. The van der Waals surface area contributed by atoms with Gasteiger partial charge in [0.05, 0.1) is 6.04 Å². The predicted molar refractivity (Wildman–Crippen MR) is 118 cm³/mol. The Morgan fingerprint density at radius 3 is 2.32 bits per heavy atom. The van der Waals surface area contributed by atoms with E-state index in [1.54, 1.807) is 12.1 Å². The summed E-state index contributed by atoms with van der Waals surface area (Å²) in [6.07, 6.45) is 0. The Morgan fingerprint density at radius 1 is 0.929 bits per heavy atom. The zero-order valence-corrected chi connectivity index (χ0v) is 16.5. The Balaban J connectivity index is 1.56. The summed E-state index contributed by atoms with van der Waals surface area (Å²) < 4.78 is 0. The minimum atomic E-state index is -0.126. The summed E-state index contributed by atoms with van der Waals surface area (Å²) in [6.45, 7) is 2.71. The van der Waals surface area contributed by atoms with Crippen molar-refractivity contribution < 1.29 is 4.79 Å². The summed E-state index contributed by atoms with van der Waals surface area (Å²) in [4.78, 5) is 12.3. The molecule has 1 amide bonds. The van der Waals surface area contributed by atoms with Crippen molar-refractivity contribution in [2.45, 2.75) is 19.5 Å². The van der Waals surface area contributed by atoms with Crippen LogP contribution in [0.1, 0.15) is 34.5 Å². The molecule has 0 aliphatic rings. The molecule has 0 aliphatic heterocycles. The average molecular weight is 390 g/mol. The fourth-order valence-corrected chi connectivity index (χ4v) is 3.04. The number of thiocarbonyl (C=S) groups is 1. The van der Waals surface area contributed by atoms with Crippen LogP contribution in [0, 0.1) is 0 Å². The minimum Gasteiger partial charge on any atom is -0.359 e. The Kier molecular flexibility index (Phi) is 6.76. The predicted octanol–water partition coefficient (Wildman–Crippen LogP) is 4.66. The fraction of sp³-hybridized carbons (Fsp3) is 0.130. The van der Waals surface area contributed by atoms with Crippen LogP contribution in [0.4, 0.5) is 5.69 Å². The van der Waals surface area contributed by atoms with E-state index >= 15 is 0 Å². The van der Waals surface area contributed by atoms with E-state index in [1.165, 1.54) is 5.56 Å². The molecule has 3 N–H and O–H groups in total. The second-order valence-corrected chi connectivity index (χ2v) is 6.89. The molecule has 0 heterocycles. The quantitative estimate of drug-likeness (QED) is 0.537. The molecule has 0 fully saturated rings. The first-order valence-corrected chi connectivity index (χ1v) is 9.57. The van der Waals surface area contributed by atoms with Crippen LogP contribution >= 0.6 is 12.2 Å². The molecule has 0 saturated carbocycles. The van der Waals surface area contributed by atoms with Crippen LogP contribution in [0.15, 0.2) is 84.9 Å². The van der Waals surface area contributed by atoms with Gasteiger partial charge in [0.2, 0.25) is 0 Å². The maximum absolute atomic E-state index is 12.3. The molecular weight excluding hydrogens is 366 g/mol. The van der Waals surface area contributed by atoms with Gasteiger partial charge in [-0.25, -0.2) is 0 Å². The SMILES string of the molecule is CC(NC(=S)NCc1ccccc1)c1cccc(NC(=O)c2ccccc2)c1. The van der Waals surface area contributed by atoms with Crippen molar-refractivity contribution in [2.24, 2.45) is 0 Å². The lowest BCUT2D eigenvalue weighted by molar-refractivity contribution is 0.102. The fourth-order valence-electron chi connectivity index (χ4n) is 2.79. The van der Waals surface area contributed by atoms with Gasteiger partial charge in [-0.3, -0.25) is 4.79 Å². The third kappa shape index (κ3) is 5.66. The minimum absolute atomic E-state index is 0.00403. The molecule has 0 spiro atoms. The highest BCUT2D eigenvalue weighted by molar-refractivity contribution is 7.80. The molecule has 1 unspecified atom stereocenters. The van der Waals surface area contributed by atoms with Crippen molar-refractivity contribution in [3.8, 4) is 0 Å². The number of benzene rings is 3. The monoisotopic (exact) mass is 389 g/mol. The standard InChI is InChI=1S/C23H23N3OS/c1-17(25-23(28)24-16-18-9-4-2-5-10-18)20-13-8-14-21(15-20)26-22(27)19-11-6-3-7-12-19/h2-15,17H,16H2,1H3,(H,26,27)(H2,24,25,28). The van der Waals surface area contributed by atoms with Crippen LogP contribution in [0.2, 0.25) is 0 Å². The van der Waals surface area contributed by atoms with Crippen molar-refractivity contribution >= 4 is 28.9 Å². The number of nitrogens with one attached hydrogen (secondary N) is 3. The smallest absolute Gasteiger partial charge is 0.255 e. The van der Waals surface area contributed by atoms with Crippen LogP contribution in [-0.2, 0) is 6.54 Å². The Labute approximate surface area is 171 Å². The molecule has 0 radical (unpaired) electrons. The molecule has 0 aromatic heterocycles. The van der Waals surface area contributed by atoms with Crippen molar-refractivity contribution in [3.63, 3.8) is 0 Å². The normalized spacial score (nSPS) is 11.3. The second kappa shape index (κ2) is 9.67. The molecule has 4 nitrogen and oxygen atoms in total. The second-order valence-electron chi connectivity index (χ2n) is 6.48. The highest BCUT2D eigenvalue weighted by Crippen LogP contribution is 2.18. The molecule has 0 aliphatic carbocycles. The number of hydrogen-bond donors (Lipinski definition) is 3. The number of rotatable bonds is 6. The molecule has 1 atom stereocenters. The van der Waals surface area contributed by atoms with Gasteiger partial charge in [0.1, 0.15) is 0 Å². The summed E-state index contributed by atoms with van der Waals surface area (Å²) in [5.41, 5.74) is 3.59. The summed E-state index contributed by atoms with van der Waals surface area (Å²) in [5, 5.41) is 10.0. The third-order valence-corrected chi connectivity index (χ3v) is 4.59. The number of hydrogen-bond acceptors (Lipinski definition) is 2. The van der Waals surface area contributed by atoms with E-state index in [2.05, 4.69) is 28.1 Å². The van der Waals surface area contributed by atoms with Crippen molar-refractivity contribution in [3.05, 3.63) is 102 Å². The lowest BCUT2D eigenvalue weighted by Crippen LogP contribution is -2.36. The zero-order chi connectivity index (χ0) is 19.8. The Bertz CT molecular complexity index is 929. The van der Waals surface area contributed by atoms with E-state index in [-0.39, 0.29) is 11.9 Å². The number of amides is 1. The van der Waals surface area contributed by atoms with Crippen molar-refractivity contribution in [2.75, 3.05) is 5.32 Å². The van der Waals surface area contributed by atoms with Crippen LogP contribution in [-0.4, -0.2) is 11.0 Å². The summed E-state index contributed by atoms with van der Waals surface area (Å²) in [7, 11) is 0. The largest absolute Gasteiger partial charge is 0.359 e. The van der Waals surface area contributed by atoms with E-state index in [9.17, 15) is 4.79 Å². The molecule has 3 rings (SSSR count). The third-order valence-electron chi connectivity index (χ3n) is 4.32. The number of carbonyl (C=O) groups excluding carboxylic acids is 1. The van der Waals surface area contributed by atoms with Gasteiger partial charge in [-0.1, -0.05) is 60.7 Å². The molecule has 0 saturated heterocycles. The lowest BCUT2D eigenvalue weighted by atomic mass is 10.1. The summed E-state index contributed by atoms with van der Waals surface area (Å²) >= 11 is 5.40. The van der Waals surface area contributed by atoms with Gasteiger partial charge in [0, 0.05) is 17.8 Å². The van der Waals surface area contributed by atoms with Gasteiger partial charge in [0.15, 0.2) is 5.11 Å². The van der Waals surface area contributed by atoms with E-state index in [0.29, 0.717) is 17.2 Å². The first kappa shape index (κ1) is 19.6. The molecule has 28 heavy (non-hydrogen) atoms. The van der Waals surface area contributed by atoms with Crippen LogP contribution < -0.4 is 16.0 Å². The van der Waals surface area contributed by atoms with Crippen LogP contribution in [0.3, 0.4) is 0 Å². The van der Waals surface area contributed by atoms with Gasteiger partial charge >= 0.3 is 0 Å². The first-order valence-electron chi connectivity index (χ1n) is 9.16. The molecule has 5 heteroatoms. The molecule has 3 aromatic carbocycles. The van der Waals surface area contributed by atoms with Gasteiger partial charge in [0.25, 0.3) is 5.91 Å². The average Bonchev–Trinajstić information content (AvgIpc) is 2.74. The van der Waals surface area contributed by atoms with Crippen LogP contribution in [0.5, 0.6) is 0 Å². The molecule has 3 aromatic rings. The van der Waals surface area contributed by atoms with Gasteiger partial charge < -0.3 is 16.0 Å². The molecule has 142 valence electrons. The summed E-state index contributed by atoms with van der Waals surface area (Å²) in [5.74, 6) is -0.126. The number of anilines is 1. The van der Waals surface area contributed by atoms with Crippen LogP contribution in [0.25, 0.3) is 0 Å². The van der Waals surface area contributed by atoms with Gasteiger partial charge in [-0.15, -0.1) is 0 Å². The Morgan fingerprint density at radius 2 is 1.61 bits per heavy atom. The van der Waals surface area contributed by atoms with Crippen molar-refractivity contribution in [1.29, 1.82) is 0 Å². The lowest BCUT2D eigenvalue weighted by Gasteiger charge is -2.18. The van der Waals surface area contributed by atoms with Gasteiger partial charge in [-0.05, 0) is 54.5 Å². The maximum atomic E-state index is 12.3. The van der Waals surface area contributed by atoms with Crippen molar-refractivity contribution in [1.82, 2.24) is 10.6 Å². The first-order chi connectivity index (χ1) is 13.6. The topological polar surface area (TPSA) is 53.2 Å². The maximum Gasteiger partial charge on any atom is 0.255 e. The number of carbonyl (C=O) groups is 1. The van der Waals surface area contributed by atoms with E-state index < -0.39 is 0 Å². The molecule has 0 bridgehead atoms. The Hall–Kier alpha value is -3.18. The highest BCUT2D eigenvalue weighted by Gasteiger charge is 2.10. The molecular formula is C23H23N3OS. The van der Waals surface area contributed by atoms with E-state index in [4.69, 9.17) is 12.2 Å². The van der Waals surface area contributed by atoms with E-state index in [1.807, 2.05) is 67.6 Å². The zero-order valence-electron chi connectivity index (χ0n) is 15.7. The summed E-state index contributed by atoms with van der Waals surface area (Å²) in [6, 6.07) is 27.1. The van der Waals surface area contributed by atoms with Gasteiger partial charge in [-0.2, -0.15) is 0 Å².